The number of benzene rings is 1. The molecule has 0 aliphatic heterocycles. The van der Waals surface area contributed by atoms with Gasteiger partial charge in [0.05, 0.1) is 21.1 Å². The quantitative estimate of drug-likeness (QED) is 0.815. The number of anilines is 1. The van der Waals surface area contributed by atoms with E-state index in [0.29, 0.717) is 15.7 Å². The first-order valence-electron chi connectivity index (χ1n) is 4.90. The summed E-state index contributed by atoms with van der Waals surface area (Å²) in [5.41, 5.74) is 0.845. The minimum Gasteiger partial charge on any atom is -0.278 e. The van der Waals surface area contributed by atoms with E-state index in [2.05, 4.69) is 36.6 Å². The van der Waals surface area contributed by atoms with Crippen molar-refractivity contribution >= 4 is 58.9 Å². The average Bonchev–Trinajstić information content (AvgIpc) is 2.79. The van der Waals surface area contributed by atoms with Gasteiger partial charge < -0.3 is 0 Å². The molecule has 2 aromatic rings. The zero-order valence-corrected chi connectivity index (χ0v) is 14.0. The van der Waals surface area contributed by atoms with Gasteiger partial charge in [0.2, 0.25) is 0 Å². The molecule has 1 heterocycles. The lowest BCUT2D eigenvalue weighted by molar-refractivity contribution is 0.603. The summed E-state index contributed by atoms with van der Waals surface area (Å²) in [7, 11) is -3.61. The highest BCUT2D eigenvalue weighted by atomic mass is 79.9. The van der Waals surface area contributed by atoms with Gasteiger partial charge in [-0.15, -0.1) is 11.3 Å². The number of sulfonamides is 1. The number of nitriles is 1. The molecule has 0 radical (unpaired) electrons. The first kappa shape index (κ1) is 14.5. The summed E-state index contributed by atoms with van der Waals surface area (Å²) in [6.07, 6.45) is 0. The highest BCUT2D eigenvalue weighted by Crippen LogP contribution is 2.30. The molecule has 0 spiro atoms. The van der Waals surface area contributed by atoms with Crippen molar-refractivity contribution in [3.63, 3.8) is 0 Å². The fourth-order valence-corrected chi connectivity index (χ4v) is 5.00. The molecule has 1 N–H and O–H groups in total. The van der Waals surface area contributed by atoms with E-state index in [1.807, 2.05) is 6.07 Å². The molecule has 0 atom stereocenters. The third-order valence-electron chi connectivity index (χ3n) is 2.16. The van der Waals surface area contributed by atoms with E-state index < -0.39 is 10.0 Å². The number of nitrogens with zero attached hydrogens (tertiary/aromatic N) is 1. The normalized spacial score (nSPS) is 11.0. The van der Waals surface area contributed by atoms with Crippen LogP contribution in [0.3, 0.4) is 0 Å². The van der Waals surface area contributed by atoms with Crippen LogP contribution in [0.2, 0.25) is 0 Å². The number of nitrogens with one attached hydrogen (secondary N) is 1. The van der Waals surface area contributed by atoms with E-state index in [1.54, 1.807) is 24.3 Å². The number of hydrogen-bond acceptors (Lipinski definition) is 4. The van der Waals surface area contributed by atoms with Gasteiger partial charge in [0.1, 0.15) is 4.21 Å². The zero-order chi connectivity index (χ0) is 14.0. The molecule has 1 aromatic carbocycles. The van der Waals surface area contributed by atoms with E-state index in [1.165, 1.54) is 6.07 Å². The molecule has 0 fully saturated rings. The minimum atomic E-state index is -3.61. The number of thiophene rings is 1. The van der Waals surface area contributed by atoms with Gasteiger partial charge in [-0.25, -0.2) is 8.42 Å². The van der Waals surface area contributed by atoms with Crippen molar-refractivity contribution in [2.24, 2.45) is 0 Å². The molecular formula is C11H6Br2N2O2S2. The Bertz CT molecular complexity index is 763. The van der Waals surface area contributed by atoms with Crippen LogP contribution in [0, 0.1) is 11.3 Å². The van der Waals surface area contributed by atoms with Crippen molar-refractivity contribution in [3.8, 4) is 6.07 Å². The topological polar surface area (TPSA) is 70.0 Å². The molecule has 0 aliphatic carbocycles. The van der Waals surface area contributed by atoms with Crippen LogP contribution >= 0.6 is 43.2 Å². The monoisotopic (exact) mass is 420 g/mol. The van der Waals surface area contributed by atoms with Crippen molar-refractivity contribution in [3.05, 3.63) is 44.2 Å². The Morgan fingerprint density at radius 3 is 2.47 bits per heavy atom. The van der Waals surface area contributed by atoms with Gasteiger partial charge in [0.15, 0.2) is 0 Å². The van der Waals surface area contributed by atoms with Gasteiger partial charge >= 0.3 is 0 Å². The molecule has 2 rings (SSSR count). The summed E-state index contributed by atoms with van der Waals surface area (Å²) in [5, 5.41) is 8.75. The van der Waals surface area contributed by atoms with E-state index in [0.717, 1.165) is 15.1 Å². The lowest BCUT2D eigenvalue weighted by atomic mass is 10.2. The van der Waals surface area contributed by atoms with Gasteiger partial charge in [-0.1, -0.05) is 0 Å². The summed E-state index contributed by atoms with van der Waals surface area (Å²) in [5.74, 6) is 0. The fraction of sp³-hybridized carbons (Fsp3) is 0. The molecular weight excluding hydrogens is 416 g/mol. The Hall–Kier alpha value is -0.880. The molecule has 0 saturated carbocycles. The van der Waals surface area contributed by atoms with Gasteiger partial charge in [0, 0.05) is 4.47 Å². The smallest absolute Gasteiger partial charge is 0.271 e. The van der Waals surface area contributed by atoms with Gasteiger partial charge in [-0.05, 0) is 62.2 Å². The molecule has 0 bridgehead atoms. The van der Waals surface area contributed by atoms with Gasteiger partial charge in [-0.2, -0.15) is 5.26 Å². The summed E-state index contributed by atoms with van der Waals surface area (Å²) < 4.78 is 28.2. The Labute approximate surface area is 131 Å². The Morgan fingerprint density at radius 2 is 1.95 bits per heavy atom. The van der Waals surface area contributed by atoms with Crippen molar-refractivity contribution in [2.75, 3.05) is 4.72 Å². The van der Waals surface area contributed by atoms with Crippen LogP contribution in [0.1, 0.15) is 5.56 Å². The summed E-state index contributed by atoms with van der Waals surface area (Å²) in [6, 6.07) is 9.83. The largest absolute Gasteiger partial charge is 0.278 e. The Kier molecular flexibility index (Phi) is 4.30. The number of hydrogen-bond donors (Lipinski definition) is 1. The molecule has 0 aliphatic rings. The van der Waals surface area contributed by atoms with Crippen LogP contribution < -0.4 is 4.72 Å². The van der Waals surface area contributed by atoms with Crippen molar-refractivity contribution < 1.29 is 8.42 Å². The minimum absolute atomic E-state index is 0.218. The van der Waals surface area contributed by atoms with Gasteiger partial charge in [-0.3, -0.25) is 4.72 Å². The van der Waals surface area contributed by atoms with Crippen LogP contribution in [0.5, 0.6) is 0 Å². The second kappa shape index (κ2) is 5.63. The predicted octanol–water partition coefficient (Wildman–Crippen LogP) is 3.95. The van der Waals surface area contributed by atoms with Crippen LogP contribution in [-0.4, -0.2) is 8.42 Å². The number of rotatable bonds is 3. The maximum Gasteiger partial charge on any atom is 0.271 e. The highest BCUT2D eigenvalue weighted by molar-refractivity contribution is 9.11. The second-order valence-corrected chi connectivity index (χ2v) is 8.70. The third kappa shape index (κ3) is 3.36. The molecule has 1 aromatic heterocycles. The van der Waals surface area contributed by atoms with E-state index >= 15 is 0 Å². The maximum atomic E-state index is 12.1. The van der Waals surface area contributed by atoms with Crippen LogP contribution in [0.15, 0.2) is 42.8 Å². The highest BCUT2D eigenvalue weighted by Gasteiger charge is 2.17. The summed E-state index contributed by atoms with van der Waals surface area (Å²) >= 11 is 7.58. The molecule has 8 heteroatoms. The Balaban J connectivity index is 2.34. The first-order valence-corrected chi connectivity index (χ1v) is 8.79. The predicted molar refractivity (Wildman–Crippen MR) is 81.7 cm³/mol. The van der Waals surface area contributed by atoms with Crippen molar-refractivity contribution in [1.29, 1.82) is 5.26 Å². The maximum absolute atomic E-state index is 12.1. The number of halogens is 2. The molecule has 0 unspecified atom stereocenters. The zero-order valence-electron chi connectivity index (χ0n) is 9.22. The summed E-state index contributed by atoms with van der Waals surface area (Å²) in [6.45, 7) is 0. The molecule has 19 heavy (non-hydrogen) atoms. The van der Waals surface area contributed by atoms with E-state index in [-0.39, 0.29) is 4.21 Å². The molecule has 4 nitrogen and oxygen atoms in total. The third-order valence-corrected chi connectivity index (χ3v) is 6.29. The standard InChI is InChI=1S/C11H6Br2N2O2S2/c12-8-5-7(6-14)1-2-9(8)15-19(16,17)11-4-3-10(13)18-11/h1-5,15H. The van der Waals surface area contributed by atoms with Crippen LogP contribution in [-0.2, 0) is 10.0 Å². The van der Waals surface area contributed by atoms with Crippen molar-refractivity contribution in [1.82, 2.24) is 0 Å². The summed E-state index contributed by atoms with van der Waals surface area (Å²) in [4.78, 5) is 0. The van der Waals surface area contributed by atoms with Crippen LogP contribution in [0.25, 0.3) is 0 Å². The van der Waals surface area contributed by atoms with E-state index in [9.17, 15) is 8.42 Å². The van der Waals surface area contributed by atoms with Crippen LogP contribution in [0.4, 0.5) is 5.69 Å². The second-order valence-electron chi connectivity index (χ2n) is 3.47. The van der Waals surface area contributed by atoms with Crippen molar-refractivity contribution in [2.45, 2.75) is 4.21 Å². The fourth-order valence-electron chi connectivity index (χ4n) is 1.30. The molecule has 98 valence electrons. The molecule has 0 saturated heterocycles. The first-order chi connectivity index (χ1) is 8.92. The average molecular weight is 422 g/mol. The van der Waals surface area contributed by atoms with E-state index in [4.69, 9.17) is 5.26 Å². The lowest BCUT2D eigenvalue weighted by Crippen LogP contribution is -2.11. The Morgan fingerprint density at radius 1 is 1.21 bits per heavy atom. The van der Waals surface area contributed by atoms with Gasteiger partial charge in [0.25, 0.3) is 10.0 Å². The SMILES string of the molecule is N#Cc1ccc(NS(=O)(=O)c2ccc(Br)s2)c(Br)c1. The lowest BCUT2D eigenvalue weighted by Gasteiger charge is -2.08. The molecule has 0 amide bonds.